The Hall–Kier alpha value is -2.38. The zero-order chi connectivity index (χ0) is 15.6. The zero-order valence-electron chi connectivity index (χ0n) is 11.2. The number of aromatic nitrogens is 2. The minimum atomic E-state index is -4.75. The monoisotopic (exact) mass is 300 g/mol. The second-order valence-corrected chi connectivity index (χ2v) is 4.29. The predicted molar refractivity (Wildman–Crippen MR) is 71.0 cm³/mol. The normalized spacial score (nSPS) is 11.3. The summed E-state index contributed by atoms with van der Waals surface area (Å²) in [6.07, 6.45) is -3.23. The first-order valence-corrected chi connectivity index (χ1v) is 5.96. The van der Waals surface area contributed by atoms with Crippen LogP contribution in [0.5, 0.6) is 0 Å². The zero-order valence-corrected chi connectivity index (χ0v) is 11.2. The Balaban J connectivity index is 2.36. The predicted octanol–water partition coefficient (Wildman–Crippen LogP) is 3.73. The lowest BCUT2D eigenvalue weighted by Crippen LogP contribution is -2.09. The molecule has 2 N–H and O–H groups in total. The summed E-state index contributed by atoms with van der Waals surface area (Å²) in [6, 6.07) is 2.68. The Labute approximate surface area is 118 Å². The third kappa shape index (κ3) is 3.39. The van der Waals surface area contributed by atoms with Gasteiger partial charge in [0.1, 0.15) is 11.6 Å². The molecule has 0 radical (unpaired) electrons. The van der Waals surface area contributed by atoms with E-state index in [0.29, 0.717) is 23.4 Å². The summed E-state index contributed by atoms with van der Waals surface area (Å²) >= 11 is 0. The number of aryl methyl sites for hydroxylation is 1. The van der Waals surface area contributed by atoms with Gasteiger partial charge < -0.3 is 10.6 Å². The van der Waals surface area contributed by atoms with Crippen molar-refractivity contribution in [3.8, 4) is 0 Å². The molecule has 21 heavy (non-hydrogen) atoms. The summed E-state index contributed by atoms with van der Waals surface area (Å²) in [4.78, 5) is 8.06. The fourth-order valence-corrected chi connectivity index (χ4v) is 1.65. The van der Waals surface area contributed by atoms with Crippen LogP contribution in [-0.2, 0) is 6.18 Å². The molecule has 1 heterocycles. The van der Waals surface area contributed by atoms with Gasteiger partial charge in [-0.2, -0.15) is 18.2 Å². The molecule has 0 spiro atoms. The second-order valence-electron chi connectivity index (χ2n) is 4.29. The second kappa shape index (κ2) is 5.55. The van der Waals surface area contributed by atoms with Gasteiger partial charge in [0.15, 0.2) is 0 Å². The van der Waals surface area contributed by atoms with E-state index in [1.165, 1.54) is 12.3 Å². The maximum absolute atomic E-state index is 13.2. The third-order valence-electron chi connectivity index (χ3n) is 2.73. The lowest BCUT2D eigenvalue weighted by molar-refractivity contribution is -0.139. The third-order valence-corrected chi connectivity index (χ3v) is 2.73. The fourth-order valence-electron chi connectivity index (χ4n) is 1.65. The van der Waals surface area contributed by atoms with Crippen molar-refractivity contribution >= 4 is 17.5 Å². The molecular weight excluding hydrogens is 288 g/mol. The van der Waals surface area contributed by atoms with Crippen molar-refractivity contribution in [2.45, 2.75) is 13.1 Å². The largest absolute Gasteiger partial charge is 0.419 e. The molecule has 2 aromatic rings. The van der Waals surface area contributed by atoms with Gasteiger partial charge >= 0.3 is 6.18 Å². The van der Waals surface area contributed by atoms with E-state index in [4.69, 9.17) is 0 Å². The lowest BCUT2D eigenvalue weighted by atomic mass is 10.1. The molecule has 0 atom stereocenters. The molecule has 2 rings (SSSR count). The minimum absolute atomic E-state index is 0.0904. The van der Waals surface area contributed by atoms with E-state index in [2.05, 4.69) is 20.6 Å². The lowest BCUT2D eigenvalue weighted by Gasteiger charge is -2.13. The van der Waals surface area contributed by atoms with Crippen LogP contribution in [0, 0.1) is 12.7 Å². The Morgan fingerprint density at radius 2 is 1.90 bits per heavy atom. The molecular formula is C13H12F4N4. The maximum Gasteiger partial charge on any atom is 0.419 e. The minimum Gasteiger partial charge on any atom is -0.357 e. The first-order chi connectivity index (χ1) is 9.81. The molecule has 0 aliphatic rings. The first kappa shape index (κ1) is 15.0. The van der Waals surface area contributed by atoms with Crippen LogP contribution in [0.15, 0.2) is 24.4 Å². The van der Waals surface area contributed by atoms with E-state index >= 15 is 0 Å². The van der Waals surface area contributed by atoms with Gasteiger partial charge in [-0.05, 0) is 25.1 Å². The average molecular weight is 300 g/mol. The molecule has 0 unspecified atom stereocenters. The highest BCUT2D eigenvalue weighted by atomic mass is 19.4. The molecule has 112 valence electrons. The number of hydrogen-bond donors (Lipinski definition) is 2. The summed E-state index contributed by atoms with van der Waals surface area (Å²) < 4.78 is 51.2. The van der Waals surface area contributed by atoms with Gasteiger partial charge in [0.25, 0.3) is 0 Å². The van der Waals surface area contributed by atoms with Crippen LogP contribution < -0.4 is 10.6 Å². The van der Waals surface area contributed by atoms with E-state index in [0.717, 1.165) is 6.07 Å². The first-order valence-electron chi connectivity index (χ1n) is 5.96. The van der Waals surface area contributed by atoms with Crippen LogP contribution in [0.4, 0.5) is 35.0 Å². The van der Waals surface area contributed by atoms with Crippen LogP contribution in [0.3, 0.4) is 0 Å². The Morgan fingerprint density at radius 3 is 2.52 bits per heavy atom. The number of alkyl halides is 3. The van der Waals surface area contributed by atoms with Gasteiger partial charge in [0, 0.05) is 24.5 Å². The van der Waals surface area contributed by atoms with Crippen molar-refractivity contribution in [3.05, 3.63) is 41.3 Å². The Kier molecular flexibility index (Phi) is 3.97. The summed E-state index contributed by atoms with van der Waals surface area (Å²) in [5.41, 5.74) is -0.590. The van der Waals surface area contributed by atoms with E-state index in [-0.39, 0.29) is 5.69 Å². The van der Waals surface area contributed by atoms with Crippen LogP contribution in [0.1, 0.15) is 11.1 Å². The molecule has 4 nitrogen and oxygen atoms in total. The molecule has 1 aromatic heterocycles. The van der Waals surface area contributed by atoms with Crippen LogP contribution in [0.25, 0.3) is 0 Å². The highest BCUT2D eigenvalue weighted by Gasteiger charge is 2.34. The average Bonchev–Trinajstić information content (AvgIpc) is 2.42. The highest BCUT2D eigenvalue weighted by molar-refractivity contribution is 5.61. The number of nitrogens with one attached hydrogen (secondary N) is 2. The maximum atomic E-state index is 13.2. The van der Waals surface area contributed by atoms with Crippen molar-refractivity contribution in [3.63, 3.8) is 0 Å². The highest BCUT2D eigenvalue weighted by Crippen LogP contribution is 2.33. The van der Waals surface area contributed by atoms with Crippen molar-refractivity contribution in [2.75, 3.05) is 17.7 Å². The molecule has 0 bridgehead atoms. The Morgan fingerprint density at radius 1 is 1.19 bits per heavy atom. The van der Waals surface area contributed by atoms with E-state index in [1.54, 1.807) is 14.0 Å². The summed E-state index contributed by atoms with van der Waals surface area (Å²) in [5, 5.41) is 5.45. The van der Waals surface area contributed by atoms with Gasteiger partial charge in [-0.1, -0.05) is 0 Å². The van der Waals surface area contributed by atoms with E-state index in [1.807, 2.05) is 0 Å². The van der Waals surface area contributed by atoms with Crippen molar-refractivity contribution in [1.29, 1.82) is 0 Å². The number of rotatable bonds is 3. The fraction of sp³-hybridized carbons (Fsp3) is 0.231. The molecule has 0 saturated heterocycles. The molecule has 0 amide bonds. The Bertz CT molecular complexity index is 655. The van der Waals surface area contributed by atoms with Gasteiger partial charge in [-0.25, -0.2) is 9.37 Å². The van der Waals surface area contributed by atoms with Gasteiger partial charge in [0.2, 0.25) is 5.95 Å². The molecule has 0 fully saturated rings. The van der Waals surface area contributed by atoms with Gasteiger partial charge in [0.05, 0.1) is 5.56 Å². The number of nitrogens with zero attached hydrogens (tertiary/aromatic N) is 2. The molecule has 1 aromatic carbocycles. The molecule has 8 heteroatoms. The SMILES string of the molecule is CNc1ncc(C)c(Nc2ccc(F)c(C(F)(F)F)c2)n1. The smallest absolute Gasteiger partial charge is 0.357 e. The van der Waals surface area contributed by atoms with E-state index in [9.17, 15) is 17.6 Å². The number of halogens is 4. The summed E-state index contributed by atoms with van der Waals surface area (Å²) in [5.74, 6) is -0.654. The van der Waals surface area contributed by atoms with E-state index < -0.39 is 17.6 Å². The molecule has 0 aliphatic carbocycles. The molecule has 0 aliphatic heterocycles. The van der Waals surface area contributed by atoms with Crippen LogP contribution >= 0.6 is 0 Å². The topological polar surface area (TPSA) is 49.8 Å². The van der Waals surface area contributed by atoms with Crippen LogP contribution in [0.2, 0.25) is 0 Å². The number of benzene rings is 1. The standard InChI is InChI=1S/C13H12F4N4/c1-7-6-19-12(18-2)21-11(7)20-8-3-4-10(14)9(5-8)13(15,16)17/h3-6H,1-2H3,(H2,18,19,20,21). The van der Waals surface area contributed by atoms with Crippen molar-refractivity contribution in [2.24, 2.45) is 0 Å². The van der Waals surface area contributed by atoms with Gasteiger partial charge in [-0.15, -0.1) is 0 Å². The van der Waals surface area contributed by atoms with Crippen molar-refractivity contribution < 1.29 is 17.6 Å². The summed E-state index contributed by atoms with van der Waals surface area (Å²) in [7, 11) is 1.62. The van der Waals surface area contributed by atoms with Gasteiger partial charge in [-0.3, -0.25) is 0 Å². The van der Waals surface area contributed by atoms with Crippen LogP contribution in [-0.4, -0.2) is 17.0 Å². The quantitative estimate of drug-likeness (QED) is 0.848. The number of hydrogen-bond acceptors (Lipinski definition) is 4. The summed E-state index contributed by atoms with van der Waals surface area (Å²) in [6.45, 7) is 1.70. The van der Waals surface area contributed by atoms with Crippen molar-refractivity contribution in [1.82, 2.24) is 9.97 Å². The molecule has 0 saturated carbocycles. The number of anilines is 3.